The molecule has 1 atom stereocenters. The van der Waals surface area contributed by atoms with Crippen molar-refractivity contribution in [3.63, 3.8) is 0 Å². The van der Waals surface area contributed by atoms with Crippen LogP contribution in [0, 0.1) is 0 Å². The predicted molar refractivity (Wildman–Crippen MR) is 66.6 cm³/mol. The zero-order valence-corrected chi connectivity index (χ0v) is 10.9. The second kappa shape index (κ2) is 7.08. The van der Waals surface area contributed by atoms with Crippen molar-refractivity contribution in [2.24, 2.45) is 0 Å². The normalized spacial score (nSPS) is 11.9. The van der Waals surface area contributed by atoms with Gasteiger partial charge in [0.25, 0.3) is 0 Å². The molecule has 0 saturated heterocycles. The minimum atomic E-state index is -1.13. The van der Waals surface area contributed by atoms with E-state index in [4.69, 9.17) is 25.8 Å². The van der Waals surface area contributed by atoms with Crippen molar-refractivity contribution in [3.05, 3.63) is 23.8 Å². The highest BCUT2D eigenvalue weighted by Gasteiger charge is 2.25. The number of alkyl halides is 1. The monoisotopic (exact) mass is 274 g/mol. The minimum absolute atomic E-state index is 0.138. The zero-order chi connectivity index (χ0) is 13.5. The molecule has 0 saturated carbocycles. The number of aliphatic carboxylic acids is 1. The third kappa shape index (κ3) is 3.27. The van der Waals surface area contributed by atoms with E-state index in [0.717, 1.165) is 0 Å². The van der Waals surface area contributed by atoms with Gasteiger partial charge in [-0.05, 0) is 6.07 Å². The summed E-state index contributed by atoms with van der Waals surface area (Å²) in [5.74, 6) is -0.0832. The van der Waals surface area contributed by atoms with Crippen LogP contribution in [-0.4, -0.2) is 37.8 Å². The summed E-state index contributed by atoms with van der Waals surface area (Å²) in [5.41, 5.74) is 0.398. The predicted octanol–water partition coefficient (Wildman–Crippen LogP) is 2.08. The average Bonchev–Trinajstić information content (AvgIpc) is 2.38. The second-order valence-corrected chi connectivity index (χ2v) is 3.74. The molecule has 6 heteroatoms. The molecule has 1 N–H and O–H groups in total. The maximum absolute atomic E-state index is 11.2. The van der Waals surface area contributed by atoms with Crippen LogP contribution in [0.4, 0.5) is 0 Å². The van der Waals surface area contributed by atoms with Gasteiger partial charge in [-0.15, -0.1) is 11.6 Å². The van der Waals surface area contributed by atoms with Gasteiger partial charge in [-0.25, -0.2) is 4.79 Å². The fraction of sp³-hybridized carbons (Fsp3) is 0.417. The molecule has 0 heterocycles. The molecule has 0 aliphatic rings. The number of carboxylic acids is 1. The molecule has 0 aliphatic carbocycles. The Hall–Kier alpha value is -1.46. The Labute approximate surface area is 110 Å². The Morgan fingerprint density at radius 1 is 1.39 bits per heavy atom. The van der Waals surface area contributed by atoms with Crippen molar-refractivity contribution >= 4 is 17.6 Å². The fourth-order valence-corrected chi connectivity index (χ4v) is 1.66. The maximum Gasteiger partial charge on any atom is 0.337 e. The van der Waals surface area contributed by atoms with Gasteiger partial charge in [0.2, 0.25) is 0 Å². The number of benzene rings is 1. The van der Waals surface area contributed by atoms with E-state index in [0.29, 0.717) is 17.1 Å². The lowest BCUT2D eigenvalue weighted by Gasteiger charge is -2.18. The lowest BCUT2D eigenvalue weighted by atomic mass is 10.1. The number of carbonyl (C=O) groups is 1. The van der Waals surface area contributed by atoms with Crippen LogP contribution < -0.4 is 9.47 Å². The summed E-state index contributed by atoms with van der Waals surface area (Å²) in [5, 5.41) is 9.17. The van der Waals surface area contributed by atoms with E-state index >= 15 is 0 Å². The van der Waals surface area contributed by atoms with Crippen molar-refractivity contribution in [2.75, 3.05) is 26.7 Å². The van der Waals surface area contributed by atoms with Crippen molar-refractivity contribution in [1.29, 1.82) is 0 Å². The van der Waals surface area contributed by atoms with E-state index in [9.17, 15) is 9.90 Å². The van der Waals surface area contributed by atoms with Gasteiger partial charge < -0.3 is 19.3 Å². The van der Waals surface area contributed by atoms with Crippen LogP contribution in [0.5, 0.6) is 11.5 Å². The van der Waals surface area contributed by atoms with Crippen LogP contribution in [0.1, 0.15) is 11.7 Å². The Kier molecular flexibility index (Phi) is 5.74. The van der Waals surface area contributed by atoms with Gasteiger partial charge in [0.1, 0.15) is 0 Å². The van der Waals surface area contributed by atoms with Gasteiger partial charge in [0.05, 0.1) is 20.8 Å². The molecule has 0 fully saturated rings. The fourth-order valence-electron chi connectivity index (χ4n) is 1.57. The third-order valence-electron chi connectivity index (χ3n) is 2.30. The largest absolute Gasteiger partial charge is 0.493 e. The lowest BCUT2D eigenvalue weighted by Crippen LogP contribution is -2.17. The summed E-state index contributed by atoms with van der Waals surface area (Å²) in [7, 11) is 2.93. The smallest absolute Gasteiger partial charge is 0.337 e. The van der Waals surface area contributed by atoms with E-state index in [1.165, 1.54) is 14.2 Å². The van der Waals surface area contributed by atoms with Crippen LogP contribution in [0.3, 0.4) is 0 Å². The first-order valence-electron chi connectivity index (χ1n) is 5.27. The molecule has 0 bridgehead atoms. The number of ether oxygens (including phenoxy) is 3. The third-order valence-corrected chi connectivity index (χ3v) is 2.46. The summed E-state index contributed by atoms with van der Waals surface area (Å²) >= 11 is 5.50. The molecule has 5 nitrogen and oxygen atoms in total. The molecule has 0 radical (unpaired) electrons. The Morgan fingerprint density at radius 2 is 2.11 bits per heavy atom. The summed E-state index contributed by atoms with van der Waals surface area (Å²) in [6.45, 7) is 0.138. The molecule has 100 valence electrons. The van der Waals surface area contributed by atoms with Crippen molar-refractivity contribution in [3.8, 4) is 11.5 Å². The zero-order valence-electron chi connectivity index (χ0n) is 10.2. The topological polar surface area (TPSA) is 65.0 Å². The molecule has 1 aromatic carbocycles. The lowest BCUT2D eigenvalue weighted by molar-refractivity contribution is -0.150. The van der Waals surface area contributed by atoms with Crippen molar-refractivity contribution in [2.45, 2.75) is 6.10 Å². The second-order valence-electron chi connectivity index (χ2n) is 3.36. The molecule has 0 aromatic heterocycles. The van der Waals surface area contributed by atoms with Gasteiger partial charge in [0, 0.05) is 11.4 Å². The molecule has 18 heavy (non-hydrogen) atoms. The molecule has 0 aliphatic heterocycles. The van der Waals surface area contributed by atoms with Gasteiger partial charge >= 0.3 is 5.97 Å². The highest BCUT2D eigenvalue weighted by molar-refractivity contribution is 6.17. The first-order valence-corrected chi connectivity index (χ1v) is 5.80. The first-order chi connectivity index (χ1) is 8.65. The highest BCUT2D eigenvalue weighted by Crippen LogP contribution is 2.36. The molecule has 1 rings (SSSR count). The van der Waals surface area contributed by atoms with Gasteiger partial charge in [-0.3, -0.25) is 0 Å². The molecule has 0 spiro atoms. The van der Waals surface area contributed by atoms with Crippen LogP contribution in [0.2, 0.25) is 0 Å². The van der Waals surface area contributed by atoms with E-state index in [1.54, 1.807) is 18.2 Å². The number of hydrogen-bond acceptors (Lipinski definition) is 4. The summed E-state index contributed by atoms with van der Waals surface area (Å²) in [4.78, 5) is 11.2. The first kappa shape index (κ1) is 14.6. The summed E-state index contributed by atoms with van der Waals surface area (Å²) < 4.78 is 15.5. The minimum Gasteiger partial charge on any atom is -0.493 e. The molecular weight excluding hydrogens is 260 g/mol. The van der Waals surface area contributed by atoms with Crippen molar-refractivity contribution < 1.29 is 24.1 Å². The number of methoxy groups -OCH3 is 2. The van der Waals surface area contributed by atoms with Crippen LogP contribution in [0.25, 0.3) is 0 Å². The SMILES string of the molecule is COc1cccc(C(OCCCl)C(=O)O)c1OC. The number of para-hydroxylation sites is 1. The van der Waals surface area contributed by atoms with Crippen LogP contribution in [0.15, 0.2) is 18.2 Å². The van der Waals surface area contributed by atoms with E-state index < -0.39 is 12.1 Å². The van der Waals surface area contributed by atoms with E-state index in [-0.39, 0.29) is 12.5 Å². The van der Waals surface area contributed by atoms with E-state index in [2.05, 4.69) is 0 Å². The van der Waals surface area contributed by atoms with Gasteiger partial charge in [0.15, 0.2) is 17.6 Å². The standard InChI is InChI=1S/C12H15ClO5/c1-16-9-5-3-4-8(10(9)17-2)11(12(14)15)18-7-6-13/h3-5,11H,6-7H2,1-2H3,(H,14,15). The highest BCUT2D eigenvalue weighted by atomic mass is 35.5. The Bertz CT molecular complexity index is 407. The number of rotatable bonds is 7. The Balaban J connectivity index is 3.14. The van der Waals surface area contributed by atoms with Crippen molar-refractivity contribution in [1.82, 2.24) is 0 Å². The summed E-state index contributed by atoms with van der Waals surface area (Å²) in [6, 6.07) is 4.98. The van der Waals surface area contributed by atoms with Gasteiger partial charge in [-0.2, -0.15) is 0 Å². The molecule has 1 aromatic rings. The number of hydrogen-bond donors (Lipinski definition) is 1. The molecular formula is C12H15ClO5. The Morgan fingerprint density at radius 3 is 2.61 bits per heavy atom. The van der Waals surface area contributed by atoms with Crippen LogP contribution in [-0.2, 0) is 9.53 Å². The van der Waals surface area contributed by atoms with Gasteiger partial charge in [-0.1, -0.05) is 12.1 Å². The maximum atomic E-state index is 11.2. The van der Waals surface area contributed by atoms with Crippen LogP contribution >= 0.6 is 11.6 Å². The quantitative estimate of drug-likeness (QED) is 0.771. The average molecular weight is 275 g/mol. The molecule has 0 amide bonds. The summed E-state index contributed by atoms with van der Waals surface area (Å²) in [6.07, 6.45) is -1.13. The molecule has 1 unspecified atom stereocenters. The van der Waals surface area contributed by atoms with E-state index in [1.807, 2.05) is 0 Å². The number of carboxylic acid groups (broad SMARTS) is 1. The number of halogens is 1.